The molecule has 1 N–H and O–H groups in total. The summed E-state index contributed by atoms with van der Waals surface area (Å²) in [6, 6.07) is 17.5. The third-order valence-corrected chi connectivity index (χ3v) is 6.71. The minimum Gasteiger partial charge on any atom is -0.339 e. The van der Waals surface area contributed by atoms with Gasteiger partial charge in [0.2, 0.25) is 11.8 Å². The predicted octanol–water partition coefficient (Wildman–Crippen LogP) is 4.95. The normalized spacial score (nSPS) is 14.7. The summed E-state index contributed by atoms with van der Waals surface area (Å²) in [6.45, 7) is 1.18. The number of hydrogen-bond donors (Lipinski definition) is 1. The van der Waals surface area contributed by atoms with Crippen LogP contribution in [0, 0.1) is 5.92 Å². The van der Waals surface area contributed by atoms with Crippen molar-refractivity contribution in [1.29, 1.82) is 0 Å². The molecule has 0 atom stereocenters. The number of nitrogens with zero attached hydrogens (tertiary/aromatic N) is 3. The van der Waals surface area contributed by atoms with Crippen molar-refractivity contribution in [2.45, 2.75) is 12.8 Å². The lowest BCUT2D eigenvalue weighted by Crippen LogP contribution is -2.40. The Bertz CT molecular complexity index is 1250. The van der Waals surface area contributed by atoms with Gasteiger partial charge in [-0.1, -0.05) is 42.5 Å². The number of fused-ring (bicyclic) bond motifs is 1. The van der Waals surface area contributed by atoms with Gasteiger partial charge in [0.1, 0.15) is 0 Å². The minimum absolute atomic E-state index is 0.00699. The zero-order chi connectivity index (χ0) is 22.6. The highest BCUT2D eigenvalue weighted by molar-refractivity contribution is 7.15. The number of imidazole rings is 1. The first-order valence-corrected chi connectivity index (χ1v) is 11.9. The van der Waals surface area contributed by atoms with E-state index in [1.54, 1.807) is 17.4 Å². The van der Waals surface area contributed by atoms with Crippen LogP contribution in [0.15, 0.2) is 78.4 Å². The molecule has 5 rings (SSSR count). The molecule has 1 fully saturated rings. The fourth-order valence-electron chi connectivity index (χ4n) is 4.03. The van der Waals surface area contributed by atoms with E-state index in [0.29, 0.717) is 25.9 Å². The van der Waals surface area contributed by atoms with Crippen LogP contribution >= 0.6 is 11.3 Å². The van der Waals surface area contributed by atoms with E-state index >= 15 is 0 Å². The zero-order valence-electron chi connectivity index (χ0n) is 18.1. The number of aromatic nitrogens is 2. The molecule has 166 valence electrons. The molecule has 0 saturated carbocycles. The van der Waals surface area contributed by atoms with Crippen LogP contribution in [0.1, 0.15) is 18.4 Å². The molecule has 0 radical (unpaired) electrons. The molecule has 2 aromatic carbocycles. The van der Waals surface area contributed by atoms with Gasteiger partial charge in [-0.15, -0.1) is 11.3 Å². The monoisotopic (exact) mass is 456 g/mol. The van der Waals surface area contributed by atoms with E-state index in [-0.39, 0.29) is 17.7 Å². The Kier molecular flexibility index (Phi) is 6.04. The van der Waals surface area contributed by atoms with Crippen molar-refractivity contribution in [2.24, 2.45) is 5.92 Å². The summed E-state index contributed by atoms with van der Waals surface area (Å²) in [5.74, 6) is -0.0867. The highest BCUT2D eigenvalue weighted by Gasteiger charge is 2.26. The van der Waals surface area contributed by atoms with E-state index in [0.717, 1.165) is 27.5 Å². The van der Waals surface area contributed by atoms with E-state index in [4.69, 9.17) is 0 Å². The summed E-state index contributed by atoms with van der Waals surface area (Å²) in [4.78, 5) is 32.6. The molecule has 7 heteroatoms. The number of anilines is 1. The molecule has 3 heterocycles. The number of nitrogens with one attached hydrogen (secondary N) is 1. The highest BCUT2D eigenvalue weighted by Crippen LogP contribution is 2.24. The molecule has 0 unspecified atom stereocenters. The van der Waals surface area contributed by atoms with E-state index in [1.807, 2.05) is 87.7 Å². The maximum atomic E-state index is 12.7. The number of piperidine rings is 1. The molecule has 1 aliphatic heterocycles. The molecular formula is C26H24N4O2S. The van der Waals surface area contributed by atoms with Crippen molar-refractivity contribution in [3.8, 4) is 11.3 Å². The minimum atomic E-state index is -0.0910. The molecule has 0 aliphatic carbocycles. The van der Waals surface area contributed by atoms with Crippen LogP contribution < -0.4 is 5.32 Å². The predicted molar refractivity (Wildman–Crippen MR) is 132 cm³/mol. The van der Waals surface area contributed by atoms with Gasteiger partial charge < -0.3 is 10.2 Å². The SMILES string of the molecule is O=C(Nc1ccc(-c2cn3ccsc3n2)cc1)C1CCN(C(=O)/C=C/c2ccccc2)CC1. The van der Waals surface area contributed by atoms with E-state index < -0.39 is 0 Å². The standard InChI is InChI=1S/C26H24N4O2S/c31-24(11-6-19-4-2-1-3-5-19)29-14-12-21(13-15-29)25(32)27-22-9-7-20(8-10-22)23-18-30-16-17-33-26(30)28-23/h1-11,16-18,21H,12-15H2,(H,27,32)/b11-6+. The maximum Gasteiger partial charge on any atom is 0.246 e. The summed E-state index contributed by atoms with van der Waals surface area (Å²) < 4.78 is 2.00. The van der Waals surface area contributed by atoms with Gasteiger partial charge >= 0.3 is 0 Å². The molecule has 2 aromatic heterocycles. The average Bonchev–Trinajstić information content (AvgIpc) is 3.46. The fourth-order valence-corrected chi connectivity index (χ4v) is 4.73. The topological polar surface area (TPSA) is 66.7 Å². The van der Waals surface area contributed by atoms with Crippen LogP contribution in [0.5, 0.6) is 0 Å². The number of hydrogen-bond acceptors (Lipinski definition) is 4. The van der Waals surface area contributed by atoms with Crippen molar-refractivity contribution in [3.63, 3.8) is 0 Å². The Hall–Kier alpha value is -3.71. The van der Waals surface area contributed by atoms with Crippen LogP contribution in [0.4, 0.5) is 5.69 Å². The van der Waals surface area contributed by atoms with Gasteiger partial charge in [-0.05, 0) is 36.6 Å². The maximum absolute atomic E-state index is 12.7. The number of benzene rings is 2. The summed E-state index contributed by atoms with van der Waals surface area (Å²) in [7, 11) is 0. The van der Waals surface area contributed by atoms with Gasteiger partial charge in [0.05, 0.1) is 5.69 Å². The Morgan fingerprint density at radius 3 is 2.52 bits per heavy atom. The molecule has 0 bridgehead atoms. The summed E-state index contributed by atoms with van der Waals surface area (Å²) >= 11 is 1.60. The fraction of sp³-hybridized carbons (Fsp3) is 0.192. The summed E-state index contributed by atoms with van der Waals surface area (Å²) in [6.07, 6.45) is 8.77. The van der Waals surface area contributed by atoms with E-state index in [1.165, 1.54) is 0 Å². The van der Waals surface area contributed by atoms with Crippen molar-refractivity contribution in [1.82, 2.24) is 14.3 Å². The molecule has 2 amide bonds. The lowest BCUT2D eigenvalue weighted by Gasteiger charge is -2.30. The van der Waals surface area contributed by atoms with Crippen molar-refractivity contribution < 1.29 is 9.59 Å². The Morgan fingerprint density at radius 1 is 1.03 bits per heavy atom. The largest absolute Gasteiger partial charge is 0.339 e. The average molecular weight is 457 g/mol. The van der Waals surface area contributed by atoms with Crippen LogP contribution in [0.25, 0.3) is 22.3 Å². The highest BCUT2D eigenvalue weighted by atomic mass is 32.1. The first kappa shape index (κ1) is 21.2. The first-order valence-electron chi connectivity index (χ1n) is 11.0. The number of carbonyl (C=O) groups excluding carboxylic acids is 2. The second kappa shape index (κ2) is 9.42. The van der Waals surface area contributed by atoms with Crippen LogP contribution in [-0.2, 0) is 9.59 Å². The Labute approximate surface area is 196 Å². The summed E-state index contributed by atoms with van der Waals surface area (Å²) in [5, 5.41) is 5.03. The Balaban J connectivity index is 1.13. The second-order valence-electron chi connectivity index (χ2n) is 8.13. The third-order valence-electron chi connectivity index (χ3n) is 5.94. The zero-order valence-corrected chi connectivity index (χ0v) is 18.9. The molecule has 1 aliphatic rings. The van der Waals surface area contributed by atoms with Gasteiger partial charge in [-0.2, -0.15) is 0 Å². The van der Waals surface area contributed by atoms with Crippen molar-refractivity contribution in [3.05, 3.63) is 84.0 Å². The van der Waals surface area contributed by atoms with Crippen LogP contribution in [0.3, 0.4) is 0 Å². The molecule has 1 saturated heterocycles. The molecule has 33 heavy (non-hydrogen) atoms. The van der Waals surface area contributed by atoms with Gasteiger partial charge in [-0.3, -0.25) is 14.0 Å². The number of amides is 2. The van der Waals surface area contributed by atoms with Gasteiger partial charge in [-0.25, -0.2) is 4.98 Å². The number of thiazole rings is 1. The number of carbonyl (C=O) groups is 2. The van der Waals surface area contributed by atoms with Crippen LogP contribution in [0.2, 0.25) is 0 Å². The first-order chi connectivity index (χ1) is 16.2. The quantitative estimate of drug-likeness (QED) is 0.432. The van der Waals surface area contributed by atoms with Crippen molar-refractivity contribution >= 4 is 39.9 Å². The smallest absolute Gasteiger partial charge is 0.246 e. The van der Waals surface area contributed by atoms with E-state index in [9.17, 15) is 9.59 Å². The van der Waals surface area contributed by atoms with Crippen molar-refractivity contribution in [2.75, 3.05) is 18.4 Å². The molecule has 6 nitrogen and oxygen atoms in total. The summed E-state index contributed by atoms with van der Waals surface area (Å²) in [5.41, 5.74) is 3.70. The third kappa shape index (κ3) is 4.88. The van der Waals surface area contributed by atoms with Gasteiger partial charge in [0.25, 0.3) is 0 Å². The molecule has 0 spiro atoms. The van der Waals surface area contributed by atoms with Gasteiger partial charge in [0.15, 0.2) is 4.96 Å². The molecule has 4 aromatic rings. The van der Waals surface area contributed by atoms with Crippen LogP contribution in [-0.4, -0.2) is 39.2 Å². The number of likely N-dealkylation sites (tertiary alicyclic amines) is 1. The molecular weight excluding hydrogens is 432 g/mol. The second-order valence-corrected chi connectivity index (χ2v) is 9.00. The lowest BCUT2D eigenvalue weighted by atomic mass is 9.95. The van der Waals surface area contributed by atoms with E-state index in [2.05, 4.69) is 10.3 Å². The number of rotatable bonds is 5. The van der Waals surface area contributed by atoms with Gasteiger partial charge in [0, 0.05) is 54.1 Å². The Morgan fingerprint density at radius 2 is 1.79 bits per heavy atom. The lowest BCUT2D eigenvalue weighted by molar-refractivity contribution is -0.130.